The Morgan fingerprint density at radius 1 is 1.00 bits per heavy atom. The summed E-state index contributed by atoms with van der Waals surface area (Å²) >= 11 is 17.4. The molecule has 8 N–H and O–H groups in total. The number of nitrogens with one attached hydrogen (secondary N) is 3. The van der Waals surface area contributed by atoms with Crippen LogP contribution in [0.5, 0.6) is 11.5 Å². The van der Waals surface area contributed by atoms with Gasteiger partial charge in [-0.1, -0.05) is 54.9 Å². The number of rotatable bonds is 17. The molecule has 0 radical (unpaired) electrons. The van der Waals surface area contributed by atoms with Gasteiger partial charge in [-0.3, -0.25) is 29.6 Å². The van der Waals surface area contributed by atoms with Crippen molar-refractivity contribution in [3.05, 3.63) is 92.2 Å². The molecule has 1 amide bonds. The van der Waals surface area contributed by atoms with Crippen LogP contribution in [-0.4, -0.2) is 97.7 Å². The van der Waals surface area contributed by atoms with Gasteiger partial charge in [0.25, 0.3) is 5.69 Å². The van der Waals surface area contributed by atoms with E-state index in [0.29, 0.717) is 24.3 Å². The monoisotopic (exact) mass is 931 g/mol. The molecule has 0 bridgehead atoms. The maximum atomic E-state index is 12.2. The lowest BCUT2D eigenvalue weighted by molar-refractivity contribution is -0.383. The molecule has 1 atom stereocenters. The number of hydrogen-bond donors (Lipinski definition) is 7. The lowest BCUT2D eigenvalue weighted by Gasteiger charge is -2.31. The van der Waals surface area contributed by atoms with E-state index in [2.05, 4.69) is 43.9 Å². The Bertz CT molecular complexity index is 2050. The van der Waals surface area contributed by atoms with Gasteiger partial charge in [0.1, 0.15) is 28.1 Å². The molecule has 336 valence electrons. The number of hydrogen-bond acceptors (Lipinski definition) is 14. The smallest absolute Gasteiger partial charge is 0.339 e. The normalized spacial score (nSPS) is 11.0. The van der Waals surface area contributed by atoms with Crippen molar-refractivity contribution in [1.29, 1.82) is 0 Å². The first-order valence-electron chi connectivity index (χ1n) is 18.5. The van der Waals surface area contributed by atoms with E-state index >= 15 is 0 Å². The van der Waals surface area contributed by atoms with Gasteiger partial charge in [-0.05, 0) is 82.0 Å². The number of alkyl halides is 1. The Kier molecular flexibility index (Phi) is 24.8. The van der Waals surface area contributed by atoms with Gasteiger partial charge < -0.3 is 45.6 Å². The molecule has 4 rings (SSSR count). The molecule has 61 heavy (non-hydrogen) atoms. The minimum atomic E-state index is -4.10. The number of aromatic nitrogens is 3. The summed E-state index contributed by atoms with van der Waals surface area (Å²) in [6.45, 7) is 12.8. The number of carboxylic acid groups (broad SMARTS) is 1. The number of halogens is 3. The number of methoxy groups -OCH3 is 1. The number of nitrogen functional groups attached to an aromatic ring is 1. The van der Waals surface area contributed by atoms with Gasteiger partial charge in [-0.25, -0.2) is 0 Å². The van der Waals surface area contributed by atoms with Crippen LogP contribution in [0, 0.1) is 17.0 Å². The number of para-hydroxylation sites is 2. The fourth-order valence-electron chi connectivity index (χ4n) is 4.96. The average Bonchev–Trinajstić information content (AvgIpc) is 3.17. The van der Waals surface area contributed by atoms with Gasteiger partial charge in [-0.2, -0.15) is 15.0 Å². The summed E-state index contributed by atoms with van der Waals surface area (Å²) in [7, 11) is -2.46. The van der Waals surface area contributed by atoms with Crippen molar-refractivity contribution < 1.29 is 43.4 Å². The number of nitro groups is 1. The van der Waals surface area contributed by atoms with Gasteiger partial charge in [0.05, 0.1) is 36.1 Å². The third-order valence-corrected chi connectivity index (χ3v) is 8.84. The van der Waals surface area contributed by atoms with Crippen molar-refractivity contribution >= 4 is 83.2 Å². The van der Waals surface area contributed by atoms with Crippen molar-refractivity contribution in [2.75, 3.05) is 60.2 Å². The summed E-state index contributed by atoms with van der Waals surface area (Å²) in [5, 5.41) is 27.0. The minimum Gasteiger partial charge on any atom is -0.480 e. The van der Waals surface area contributed by atoms with Crippen molar-refractivity contribution in [2.45, 2.75) is 60.0 Å². The van der Waals surface area contributed by atoms with E-state index < -0.39 is 31.3 Å². The van der Waals surface area contributed by atoms with Crippen LogP contribution in [0.1, 0.15) is 45.7 Å². The second kappa shape index (κ2) is 27.9. The molecule has 0 aliphatic heterocycles. The largest absolute Gasteiger partial charge is 0.480 e. The van der Waals surface area contributed by atoms with Crippen molar-refractivity contribution in [3.8, 4) is 11.5 Å². The molecule has 0 fully saturated rings. The zero-order valence-electron chi connectivity index (χ0n) is 34.8. The number of anilines is 4. The number of aryl methyl sites for hydroxylation is 2. The van der Waals surface area contributed by atoms with Gasteiger partial charge >= 0.3 is 13.6 Å². The highest BCUT2D eigenvalue weighted by Crippen LogP contribution is 2.39. The molecule has 4 aromatic rings. The van der Waals surface area contributed by atoms with Gasteiger partial charge in [-0.15, -0.1) is 11.6 Å². The first kappa shape index (κ1) is 54.2. The molecule has 0 aliphatic rings. The Morgan fingerprint density at radius 2 is 1.64 bits per heavy atom. The van der Waals surface area contributed by atoms with E-state index in [1.54, 1.807) is 36.3 Å². The van der Waals surface area contributed by atoms with Crippen LogP contribution in [0.2, 0.25) is 10.3 Å². The van der Waals surface area contributed by atoms with Gasteiger partial charge in [0, 0.05) is 25.8 Å². The topological polar surface area (TPSA) is 278 Å². The molecule has 0 saturated heterocycles. The van der Waals surface area contributed by atoms with E-state index in [-0.39, 0.29) is 51.3 Å². The van der Waals surface area contributed by atoms with Crippen LogP contribution < -0.4 is 31.3 Å². The first-order valence-corrected chi connectivity index (χ1v) is 21.6. The Morgan fingerprint density at radius 3 is 2.16 bits per heavy atom. The third kappa shape index (κ3) is 20.5. The van der Waals surface area contributed by atoms with E-state index in [0.717, 1.165) is 29.8 Å². The number of ether oxygens (including phenoxy) is 2. The molecular formula is C38H53Cl3N9O10P. The summed E-state index contributed by atoms with van der Waals surface area (Å²) in [5.74, 6) is 0.597. The number of carboxylic acids is 1. The fraction of sp³-hybridized carbons (Fsp3) is 0.395. The number of nitro benzene ring substituents is 1. The van der Waals surface area contributed by atoms with Gasteiger partial charge in [0.15, 0.2) is 0 Å². The summed E-state index contributed by atoms with van der Waals surface area (Å²) in [5.41, 5.74) is 8.46. The fourth-order valence-corrected chi connectivity index (χ4v) is 5.85. The Labute approximate surface area is 369 Å². The van der Waals surface area contributed by atoms with E-state index in [1.165, 1.54) is 12.1 Å². The average molecular weight is 933 g/mol. The molecule has 3 aromatic carbocycles. The van der Waals surface area contributed by atoms with Crippen LogP contribution in [-0.2, 0) is 25.3 Å². The number of nitrogens with zero attached hydrogens (tertiary/aromatic N) is 5. The summed E-state index contributed by atoms with van der Waals surface area (Å²) in [6, 6.07) is 17.9. The molecule has 1 heterocycles. The predicted octanol–water partition coefficient (Wildman–Crippen LogP) is 7.36. The highest BCUT2D eigenvalue weighted by Gasteiger charge is 2.25. The first-order chi connectivity index (χ1) is 28.7. The molecule has 0 saturated carbocycles. The maximum Gasteiger partial charge on any atom is 0.339 e. The maximum absolute atomic E-state index is 12.2. The number of carbonyl (C=O) groups is 2. The third-order valence-electron chi connectivity index (χ3n) is 7.42. The summed E-state index contributed by atoms with van der Waals surface area (Å²) in [4.78, 5) is 62.2. The summed E-state index contributed by atoms with van der Waals surface area (Å²) in [6.07, 6.45) is 0.280. The van der Waals surface area contributed by atoms with E-state index in [1.807, 2.05) is 52.8 Å². The van der Waals surface area contributed by atoms with Crippen LogP contribution >= 0.6 is 42.4 Å². The lowest BCUT2D eigenvalue weighted by Crippen LogP contribution is -2.43. The molecule has 19 nitrogen and oxygen atoms in total. The van der Waals surface area contributed by atoms with Crippen LogP contribution in [0.25, 0.3) is 0 Å². The molecule has 1 aromatic heterocycles. The minimum absolute atomic E-state index is 0.0223. The lowest BCUT2D eigenvalue weighted by atomic mass is 10.0. The molecule has 0 aliphatic carbocycles. The zero-order valence-corrected chi connectivity index (χ0v) is 37.9. The highest BCUT2D eigenvalue weighted by atomic mass is 35.5. The second-order valence-electron chi connectivity index (χ2n) is 12.8. The quantitative estimate of drug-likeness (QED) is 0.0179. The molecular weight excluding hydrogens is 880 g/mol. The van der Waals surface area contributed by atoms with Crippen LogP contribution in [0.15, 0.2) is 60.7 Å². The number of aliphatic carboxylic acids is 1. The van der Waals surface area contributed by atoms with Crippen molar-refractivity contribution in [1.82, 2.24) is 20.3 Å². The SMILES string of the molecule is CCNc1nc(Cl)nc(NC(C)C)n1.CCc1cccc(C)c1N(C(=O)CCl)C(C)COC.Nc1c([N+](=O)[O-])ccc(Oc2ccccc2)c1Cl.O=C(O)CNCP(=O)(O)O. The van der Waals surface area contributed by atoms with Crippen LogP contribution in [0.4, 0.5) is 29.0 Å². The zero-order chi connectivity index (χ0) is 46.3. The van der Waals surface area contributed by atoms with Crippen molar-refractivity contribution in [3.63, 3.8) is 0 Å². The summed E-state index contributed by atoms with van der Waals surface area (Å²) < 4.78 is 20.7. The molecule has 23 heteroatoms. The highest BCUT2D eigenvalue weighted by molar-refractivity contribution is 7.51. The van der Waals surface area contributed by atoms with Crippen LogP contribution in [0.3, 0.4) is 0 Å². The van der Waals surface area contributed by atoms with E-state index in [9.17, 15) is 24.3 Å². The predicted molar refractivity (Wildman–Crippen MR) is 239 cm³/mol. The number of nitrogens with two attached hydrogens (primary N) is 1. The van der Waals surface area contributed by atoms with Gasteiger partial charge in [0.2, 0.25) is 23.1 Å². The van der Waals surface area contributed by atoms with E-state index in [4.69, 9.17) is 64.9 Å². The number of carbonyl (C=O) groups excluding carboxylic acids is 1. The number of benzene rings is 3. The standard InChI is InChI=1S/C15H22ClNO2.C12H9ClN2O3.C8H14ClN5.C3H8NO5P/c1-5-13-8-6-7-11(2)15(13)17(14(18)9-16)12(3)10-19-4;13-11-10(18-8-4-2-1-3-5-8)7-6-9(12(11)14)15(16)17;1-4-10-7-12-6(9)13-8(14-7)11-5(2)3;5-3(6)1-4-2-10(7,8)9/h6-8,12H,5,9-10H2,1-4H3;1-7H,14H2;5H,4H2,1-3H3,(H2,10,11,12,13,14);4H,1-2H2,(H,5,6)(H2,7,8,9). The second-order valence-corrected chi connectivity index (χ2v) is 15.5. The Balaban J connectivity index is 0.000000417. The molecule has 1 unspecified atom stereocenters. The number of amides is 1. The molecule has 0 spiro atoms. The van der Waals surface area contributed by atoms with Crippen molar-refractivity contribution in [2.24, 2.45) is 0 Å². The Hall–Kier alpha value is -4.85.